The molecule has 0 atom stereocenters. The third-order valence-corrected chi connectivity index (χ3v) is 1.17. The van der Waals surface area contributed by atoms with Crippen molar-refractivity contribution in [2.75, 3.05) is 14.1 Å². The van der Waals surface area contributed by atoms with Crippen molar-refractivity contribution in [3.8, 4) is 0 Å². The fraction of sp³-hybridized carbons (Fsp3) is 1.00. The second kappa shape index (κ2) is 3.27. The molecule has 0 aromatic rings. The monoisotopic (exact) mass is 122 g/mol. The van der Waals surface area contributed by atoms with E-state index >= 15 is 0 Å². The molecule has 4 nitrogen and oxygen atoms in total. The number of nitrogens with one attached hydrogen (secondary N) is 3. The van der Waals surface area contributed by atoms with E-state index in [1.165, 1.54) is 0 Å². The number of nitrogens with zero attached hydrogens (tertiary/aromatic N) is 1. The van der Waals surface area contributed by atoms with Crippen LogP contribution >= 0.6 is 0 Å². The zero-order chi connectivity index (χ0) is 6.69. The summed E-state index contributed by atoms with van der Waals surface area (Å²) in [7, 11) is 7.80. The molecule has 9 heavy (non-hydrogen) atoms. The lowest BCUT2D eigenvalue weighted by molar-refractivity contribution is 0.622. The summed E-state index contributed by atoms with van der Waals surface area (Å²) >= 11 is 0. The maximum absolute atomic E-state index is 3.07. The van der Waals surface area contributed by atoms with Crippen LogP contribution in [0.5, 0.6) is 0 Å². The minimum Gasteiger partial charge on any atom is -0.379 e. The highest BCUT2D eigenvalue weighted by Crippen LogP contribution is 1.76. The topological polar surface area (TPSA) is 39.3 Å². The molecule has 0 unspecified atom stereocenters. The average molecular weight is 122 g/mol. The summed E-state index contributed by atoms with van der Waals surface area (Å²) in [5, 5.41) is 9.00. The lowest BCUT2D eigenvalue weighted by Crippen LogP contribution is -2.68. The van der Waals surface area contributed by atoms with E-state index in [4.69, 9.17) is 0 Å². The van der Waals surface area contributed by atoms with Gasteiger partial charge in [-0.3, -0.25) is 0 Å². The molecule has 1 heterocycles. The van der Waals surface area contributed by atoms with Gasteiger partial charge in [0.25, 0.3) is 15.1 Å². The predicted octanol–water partition coefficient (Wildman–Crippen LogP) is -2.62. The Morgan fingerprint density at radius 1 is 1.22 bits per heavy atom. The Morgan fingerprint density at radius 2 is 1.78 bits per heavy atom. The van der Waals surface area contributed by atoms with E-state index in [1.807, 2.05) is 18.9 Å². The number of hydrogen-bond donors (Lipinski definition) is 3. The van der Waals surface area contributed by atoms with E-state index in [-0.39, 0.29) is 7.12 Å². The SMILES string of the molecule is CN(C)B1N[B]N[B]N1. The molecule has 1 saturated heterocycles. The quantitative estimate of drug-likeness (QED) is 0.333. The van der Waals surface area contributed by atoms with Crippen molar-refractivity contribution in [2.24, 2.45) is 0 Å². The van der Waals surface area contributed by atoms with Crippen molar-refractivity contribution in [1.29, 1.82) is 0 Å². The van der Waals surface area contributed by atoms with Gasteiger partial charge in [0.15, 0.2) is 0 Å². The maximum atomic E-state index is 3.07. The van der Waals surface area contributed by atoms with Crippen LogP contribution in [0, 0.1) is 0 Å². The lowest BCUT2D eigenvalue weighted by atomic mass is 9.75. The van der Waals surface area contributed by atoms with Gasteiger partial charge in [0.05, 0.1) is 0 Å². The first-order valence-electron chi connectivity index (χ1n) is 2.88. The molecule has 0 saturated carbocycles. The highest BCUT2D eigenvalue weighted by molar-refractivity contribution is 6.73. The molecule has 1 rings (SSSR count). The van der Waals surface area contributed by atoms with Crippen LogP contribution in [0.1, 0.15) is 0 Å². The van der Waals surface area contributed by atoms with Crippen molar-refractivity contribution in [3.63, 3.8) is 0 Å². The van der Waals surface area contributed by atoms with E-state index in [0.29, 0.717) is 0 Å². The number of rotatable bonds is 1. The molecule has 1 aliphatic rings. The first kappa shape index (κ1) is 7.15. The molecule has 7 heteroatoms. The minimum atomic E-state index is 0.214. The molecule has 1 aliphatic heterocycles. The van der Waals surface area contributed by atoms with Gasteiger partial charge in [0, 0.05) is 0 Å². The summed E-state index contributed by atoms with van der Waals surface area (Å²) in [4.78, 5) is 2.04. The van der Waals surface area contributed by atoms with Gasteiger partial charge in [-0.05, 0) is 14.1 Å². The molecule has 2 radical (unpaired) electrons. The second-order valence-corrected chi connectivity index (χ2v) is 2.15. The fourth-order valence-corrected chi connectivity index (χ4v) is 0.642. The van der Waals surface area contributed by atoms with Crippen LogP contribution in [0.25, 0.3) is 0 Å². The molecule has 0 aromatic carbocycles. The van der Waals surface area contributed by atoms with Crippen LogP contribution in [0.3, 0.4) is 0 Å². The van der Waals surface area contributed by atoms with E-state index in [0.717, 1.165) is 0 Å². The van der Waals surface area contributed by atoms with Crippen LogP contribution in [0.4, 0.5) is 0 Å². The minimum absolute atomic E-state index is 0.214. The first-order valence-corrected chi connectivity index (χ1v) is 2.88. The molecule has 0 spiro atoms. The van der Waals surface area contributed by atoms with Gasteiger partial charge in [0.2, 0.25) is 0 Å². The molecule has 3 N–H and O–H groups in total. The Morgan fingerprint density at radius 3 is 2.11 bits per heavy atom. The zero-order valence-electron chi connectivity index (χ0n) is 5.68. The second-order valence-electron chi connectivity index (χ2n) is 2.15. The Balaban J connectivity index is 2.23. The summed E-state index contributed by atoms with van der Waals surface area (Å²) in [6.07, 6.45) is 0. The normalized spacial score (nSPS) is 19.2. The van der Waals surface area contributed by atoms with Gasteiger partial charge in [-0.15, -0.1) is 0 Å². The van der Waals surface area contributed by atoms with Crippen molar-refractivity contribution in [2.45, 2.75) is 0 Å². The zero-order valence-corrected chi connectivity index (χ0v) is 5.68. The third-order valence-electron chi connectivity index (χ3n) is 1.17. The first-order chi connectivity index (χ1) is 4.30. The Labute approximate surface area is 57.5 Å². The highest BCUT2D eigenvalue weighted by Gasteiger charge is 2.20. The summed E-state index contributed by atoms with van der Waals surface area (Å²) in [6.45, 7) is 0. The molecular formula is C2H9B3N4. The molecule has 0 aliphatic carbocycles. The molecule has 1 fully saturated rings. The molecule has 46 valence electrons. The van der Waals surface area contributed by atoms with Gasteiger partial charge in [-0.2, -0.15) is 0 Å². The maximum Gasteiger partial charge on any atom is 0.375 e. The van der Waals surface area contributed by atoms with Crippen molar-refractivity contribution < 1.29 is 0 Å². The Bertz CT molecular complexity index is 81.9. The van der Waals surface area contributed by atoms with Gasteiger partial charge in [0.1, 0.15) is 0 Å². The Kier molecular flexibility index (Phi) is 2.59. The average Bonchev–Trinajstić information content (AvgIpc) is 1.90. The predicted molar refractivity (Wildman–Crippen MR) is 40.4 cm³/mol. The molecule has 0 aromatic heterocycles. The lowest BCUT2D eigenvalue weighted by Gasteiger charge is -2.25. The van der Waals surface area contributed by atoms with Crippen molar-refractivity contribution >= 4 is 22.2 Å². The van der Waals surface area contributed by atoms with E-state index in [2.05, 4.69) is 15.4 Å². The largest absolute Gasteiger partial charge is 0.379 e. The van der Waals surface area contributed by atoms with Gasteiger partial charge in [-0.25, -0.2) is 0 Å². The smallest absolute Gasteiger partial charge is 0.375 e. The summed E-state index contributed by atoms with van der Waals surface area (Å²) in [5.74, 6) is 0. The molecule has 0 bridgehead atoms. The third kappa shape index (κ3) is 2.02. The van der Waals surface area contributed by atoms with Crippen LogP contribution in [0.15, 0.2) is 0 Å². The molecule has 0 amide bonds. The number of hydrogen-bond acceptors (Lipinski definition) is 4. The van der Waals surface area contributed by atoms with Gasteiger partial charge >= 0.3 is 7.12 Å². The summed E-state index contributed by atoms with van der Waals surface area (Å²) in [6, 6.07) is 0. The van der Waals surface area contributed by atoms with Crippen molar-refractivity contribution in [1.82, 2.24) is 20.2 Å². The van der Waals surface area contributed by atoms with Crippen LogP contribution in [-0.4, -0.2) is 41.1 Å². The summed E-state index contributed by atoms with van der Waals surface area (Å²) in [5.41, 5.74) is 0. The van der Waals surface area contributed by atoms with Gasteiger partial charge in [-0.1, -0.05) is 0 Å². The standard InChI is InChI=1S/C2H9B3N4/c1-9(2)5-7-3-6-4-8-5/h6-8H,1-2H3. The van der Waals surface area contributed by atoms with Crippen LogP contribution in [-0.2, 0) is 0 Å². The van der Waals surface area contributed by atoms with E-state index in [1.54, 1.807) is 15.1 Å². The van der Waals surface area contributed by atoms with Crippen LogP contribution < -0.4 is 15.4 Å². The van der Waals surface area contributed by atoms with Crippen molar-refractivity contribution in [3.05, 3.63) is 0 Å². The Hall–Kier alpha value is 0.0348. The highest BCUT2D eigenvalue weighted by atomic mass is 15.2. The van der Waals surface area contributed by atoms with E-state index in [9.17, 15) is 0 Å². The fourth-order valence-electron chi connectivity index (χ4n) is 0.642. The van der Waals surface area contributed by atoms with Gasteiger partial charge < -0.3 is 20.2 Å². The van der Waals surface area contributed by atoms with E-state index < -0.39 is 0 Å². The molecular weight excluding hydrogens is 112 g/mol. The summed E-state index contributed by atoms with van der Waals surface area (Å²) < 4.78 is 0. The van der Waals surface area contributed by atoms with Crippen LogP contribution in [0.2, 0.25) is 0 Å².